The molecule has 0 amide bonds. The number of rotatable bonds is 4. The predicted molar refractivity (Wildman–Crippen MR) is 73.5 cm³/mol. The summed E-state index contributed by atoms with van der Waals surface area (Å²) in [5, 5.41) is 0.00596. The first-order chi connectivity index (χ1) is 9.10. The minimum absolute atomic E-state index is 0.00596. The third kappa shape index (κ3) is 3.29. The Balaban J connectivity index is 2.30. The van der Waals surface area contributed by atoms with Gasteiger partial charge in [-0.05, 0) is 19.1 Å². The van der Waals surface area contributed by atoms with Crippen LogP contribution in [0.15, 0.2) is 36.4 Å². The molecule has 0 fully saturated rings. The molecule has 0 heterocycles. The minimum atomic E-state index is -0.607. The summed E-state index contributed by atoms with van der Waals surface area (Å²) in [5.41, 5.74) is 6.21. The van der Waals surface area contributed by atoms with Gasteiger partial charge < -0.3 is 15.2 Å². The summed E-state index contributed by atoms with van der Waals surface area (Å²) in [5.74, 6) is 0.398. The zero-order valence-electron chi connectivity index (χ0n) is 10.3. The van der Waals surface area contributed by atoms with Gasteiger partial charge in [-0.3, -0.25) is 0 Å². The molecule has 0 radical (unpaired) electrons. The highest BCUT2D eigenvalue weighted by Crippen LogP contribution is 2.32. The third-order valence-corrected chi connectivity index (χ3v) is 2.65. The van der Waals surface area contributed by atoms with Crippen LogP contribution >= 0.6 is 11.6 Å². The molecule has 0 saturated carbocycles. The minimum Gasteiger partial charge on any atom is -0.494 e. The van der Waals surface area contributed by atoms with Crippen molar-refractivity contribution in [2.75, 3.05) is 12.3 Å². The number of nitrogen functional groups attached to an aromatic ring is 1. The van der Waals surface area contributed by atoms with Crippen molar-refractivity contribution in [1.29, 1.82) is 0 Å². The Hall–Kier alpha value is -1.94. The molecule has 5 heteroatoms. The van der Waals surface area contributed by atoms with Gasteiger partial charge in [-0.2, -0.15) is 0 Å². The summed E-state index contributed by atoms with van der Waals surface area (Å²) in [6.45, 7) is 2.37. The highest BCUT2D eigenvalue weighted by atomic mass is 35.5. The number of nitrogens with two attached hydrogens (primary N) is 1. The maximum Gasteiger partial charge on any atom is 0.184 e. The molecule has 0 unspecified atom stereocenters. The van der Waals surface area contributed by atoms with E-state index in [4.69, 9.17) is 26.8 Å². The van der Waals surface area contributed by atoms with Crippen molar-refractivity contribution >= 4 is 17.3 Å². The van der Waals surface area contributed by atoms with E-state index in [1.807, 2.05) is 6.92 Å². The Morgan fingerprint density at radius 1 is 1.21 bits per heavy atom. The molecule has 2 N–H and O–H groups in total. The van der Waals surface area contributed by atoms with Gasteiger partial charge >= 0.3 is 0 Å². The molecule has 0 aliphatic carbocycles. The lowest BCUT2D eigenvalue weighted by Gasteiger charge is -2.10. The van der Waals surface area contributed by atoms with Gasteiger partial charge in [0.05, 0.1) is 11.6 Å². The smallest absolute Gasteiger partial charge is 0.184 e. The zero-order valence-corrected chi connectivity index (χ0v) is 11.1. The van der Waals surface area contributed by atoms with Gasteiger partial charge in [0.15, 0.2) is 11.6 Å². The van der Waals surface area contributed by atoms with Crippen LogP contribution in [0.3, 0.4) is 0 Å². The van der Waals surface area contributed by atoms with E-state index in [0.29, 0.717) is 23.8 Å². The average molecular weight is 282 g/mol. The highest BCUT2D eigenvalue weighted by Gasteiger charge is 2.09. The Morgan fingerprint density at radius 3 is 2.68 bits per heavy atom. The van der Waals surface area contributed by atoms with Crippen molar-refractivity contribution in [2.24, 2.45) is 0 Å². The van der Waals surface area contributed by atoms with Gasteiger partial charge in [0.25, 0.3) is 0 Å². The van der Waals surface area contributed by atoms with Crippen LogP contribution in [0.1, 0.15) is 6.92 Å². The van der Waals surface area contributed by atoms with Crippen LogP contribution in [-0.4, -0.2) is 6.61 Å². The lowest BCUT2D eigenvalue weighted by atomic mass is 10.2. The number of halogens is 2. The molecule has 2 aromatic carbocycles. The van der Waals surface area contributed by atoms with E-state index in [0.717, 1.165) is 0 Å². The van der Waals surface area contributed by atoms with Crippen molar-refractivity contribution < 1.29 is 13.9 Å². The summed E-state index contributed by atoms with van der Waals surface area (Å²) < 4.78 is 24.5. The van der Waals surface area contributed by atoms with Gasteiger partial charge in [-0.15, -0.1) is 0 Å². The lowest BCUT2D eigenvalue weighted by molar-refractivity contribution is 0.338. The van der Waals surface area contributed by atoms with Gasteiger partial charge in [0.2, 0.25) is 0 Å². The lowest BCUT2D eigenvalue weighted by Crippen LogP contribution is -1.95. The van der Waals surface area contributed by atoms with Crippen LogP contribution < -0.4 is 15.2 Å². The van der Waals surface area contributed by atoms with Crippen molar-refractivity contribution in [2.45, 2.75) is 6.92 Å². The summed E-state index contributed by atoms with van der Waals surface area (Å²) >= 11 is 5.69. The molecule has 0 aliphatic heterocycles. The Labute approximate surface area is 115 Å². The number of hydrogen-bond acceptors (Lipinski definition) is 3. The molecule has 0 saturated heterocycles. The molecule has 0 aliphatic rings. The van der Waals surface area contributed by atoms with Crippen molar-refractivity contribution in [3.63, 3.8) is 0 Å². The Bertz CT molecular complexity index is 590. The molecule has 0 spiro atoms. The summed E-state index contributed by atoms with van der Waals surface area (Å²) in [6.07, 6.45) is 0. The van der Waals surface area contributed by atoms with Gasteiger partial charge in [-0.25, -0.2) is 4.39 Å². The maximum atomic E-state index is 13.7. The van der Waals surface area contributed by atoms with Crippen LogP contribution in [-0.2, 0) is 0 Å². The molecular weight excluding hydrogens is 269 g/mol. The second-order valence-corrected chi connectivity index (χ2v) is 4.23. The third-order valence-electron chi connectivity index (χ3n) is 2.36. The van der Waals surface area contributed by atoms with Crippen molar-refractivity contribution in [3.05, 3.63) is 47.2 Å². The summed E-state index contributed by atoms with van der Waals surface area (Å²) in [6, 6.07) is 9.45. The zero-order chi connectivity index (χ0) is 13.8. The van der Waals surface area contributed by atoms with Gasteiger partial charge in [0, 0.05) is 23.9 Å². The number of anilines is 1. The number of benzene rings is 2. The largest absolute Gasteiger partial charge is 0.494 e. The van der Waals surface area contributed by atoms with E-state index in [-0.39, 0.29) is 10.8 Å². The van der Waals surface area contributed by atoms with E-state index >= 15 is 0 Å². The van der Waals surface area contributed by atoms with Crippen LogP contribution in [0.4, 0.5) is 10.1 Å². The maximum absolute atomic E-state index is 13.7. The molecule has 19 heavy (non-hydrogen) atoms. The Kier molecular flexibility index (Phi) is 4.12. The quantitative estimate of drug-likeness (QED) is 0.852. The normalized spacial score (nSPS) is 10.3. The molecule has 2 aromatic rings. The molecule has 2 rings (SSSR count). The van der Waals surface area contributed by atoms with E-state index < -0.39 is 5.82 Å². The Morgan fingerprint density at radius 2 is 1.95 bits per heavy atom. The van der Waals surface area contributed by atoms with Crippen LogP contribution in [0.2, 0.25) is 5.02 Å². The van der Waals surface area contributed by atoms with E-state index in [2.05, 4.69) is 0 Å². The molecule has 0 atom stereocenters. The fourth-order valence-electron chi connectivity index (χ4n) is 1.59. The van der Waals surface area contributed by atoms with Crippen molar-refractivity contribution in [3.8, 4) is 17.2 Å². The highest BCUT2D eigenvalue weighted by molar-refractivity contribution is 6.30. The second-order valence-electron chi connectivity index (χ2n) is 3.82. The fraction of sp³-hybridized carbons (Fsp3) is 0.143. The first-order valence-corrected chi connectivity index (χ1v) is 6.13. The van der Waals surface area contributed by atoms with E-state index in [9.17, 15) is 4.39 Å². The number of ether oxygens (including phenoxy) is 2. The molecule has 100 valence electrons. The van der Waals surface area contributed by atoms with E-state index in [1.165, 1.54) is 12.1 Å². The summed E-state index contributed by atoms with van der Waals surface area (Å²) in [4.78, 5) is 0. The monoisotopic (exact) mass is 281 g/mol. The fourth-order valence-corrected chi connectivity index (χ4v) is 1.76. The first kappa shape index (κ1) is 13.5. The molecule has 0 aromatic heterocycles. The van der Waals surface area contributed by atoms with Gasteiger partial charge in [-0.1, -0.05) is 17.7 Å². The summed E-state index contributed by atoms with van der Waals surface area (Å²) in [7, 11) is 0. The topological polar surface area (TPSA) is 44.5 Å². The van der Waals surface area contributed by atoms with Crippen molar-refractivity contribution in [1.82, 2.24) is 0 Å². The van der Waals surface area contributed by atoms with Crippen LogP contribution in [0.5, 0.6) is 17.2 Å². The number of hydrogen-bond donors (Lipinski definition) is 1. The molecular formula is C14H13ClFNO2. The van der Waals surface area contributed by atoms with Gasteiger partial charge in [0.1, 0.15) is 11.5 Å². The average Bonchev–Trinajstić information content (AvgIpc) is 2.35. The standard InChI is InChI=1S/C14H13ClFNO2/c1-2-18-10-6-9(17)7-11(8-10)19-13-5-3-4-12(15)14(13)16/h3-8H,2,17H2,1H3. The predicted octanol–water partition coefficient (Wildman–Crippen LogP) is 4.25. The van der Waals surface area contributed by atoms with E-state index in [1.54, 1.807) is 24.3 Å². The molecule has 3 nitrogen and oxygen atoms in total. The SMILES string of the molecule is CCOc1cc(N)cc(Oc2cccc(Cl)c2F)c1. The first-order valence-electron chi connectivity index (χ1n) is 5.75. The molecule has 0 bridgehead atoms. The second kappa shape index (κ2) is 5.80. The van der Waals surface area contributed by atoms with Crippen LogP contribution in [0.25, 0.3) is 0 Å². The van der Waals surface area contributed by atoms with Crippen LogP contribution in [0, 0.1) is 5.82 Å².